The number of anilines is 2. The zero-order valence-electron chi connectivity index (χ0n) is 20.1. The molecule has 1 atom stereocenters. The van der Waals surface area contributed by atoms with Crippen LogP contribution in [0.5, 0.6) is 0 Å². The van der Waals surface area contributed by atoms with Gasteiger partial charge in [0.15, 0.2) is 5.58 Å². The Balaban J connectivity index is 1.08. The van der Waals surface area contributed by atoms with Crippen molar-refractivity contribution in [1.82, 2.24) is 14.8 Å². The van der Waals surface area contributed by atoms with Crippen LogP contribution in [0, 0.1) is 5.92 Å². The number of nitrogens with one attached hydrogen (secondary N) is 1. The molecule has 3 heterocycles. The van der Waals surface area contributed by atoms with E-state index >= 15 is 0 Å². The molecule has 1 aliphatic rings. The SMILES string of the molecule is O=C(Nc1ccc(-c2nc3ccccc3o2)cc1)C1CCN(c2cnn(Cc3ccccc3)c(=O)c2)C1. The fourth-order valence-electron chi connectivity index (χ4n) is 4.62. The molecule has 1 N–H and O–H groups in total. The molecular formula is C29H25N5O3. The number of fused-ring (bicyclic) bond motifs is 1. The molecule has 37 heavy (non-hydrogen) atoms. The Bertz CT molecular complexity index is 1580. The molecule has 1 unspecified atom stereocenters. The molecule has 1 amide bonds. The van der Waals surface area contributed by atoms with E-state index in [0.29, 0.717) is 37.6 Å². The summed E-state index contributed by atoms with van der Waals surface area (Å²) in [5.41, 5.74) is 4.71. The van der Waals surface area contributed by atoms with Crippen LogP contribution in [-0.4, -0.2) is 33.8 Å². The Morgan fingerprint density at radius 1 is 1.00 bits per heavy atom. The maximum Gasteiger partial charge on any atom is 0.269 e. The molecule has 0 spiro atoms. The lowest BCUT2D eigenvalue weighted by Gasteiger charge is -2.18. The van der Waals surface area contributed by atoms with Crippen molar-refractivity contribution in [3.05, 3.63) is 107 Å². The second-order valence-electron chi connectivity index (χ2n) is 9.18. The van der Waals surface area contributed by atoms with Gasteiger partial charge in [-0.1, -0.05) is 42.5 Å². The normalized spacial score (nSPS) is 15.2. The van der Waals surface area contributed by atoms with Gasteiger partial charge in [0.1, 0.15) is 5.52 Å². The Labute approximate surface area is 213 Å². The Morgan fingerprint density at radius 3 is 2.57 bits per heavy atom. The molecule has 8 heteroatoms. The first-order valence-electron chi connectivity index (χ1n) is 12.3. The van der Waals surface area contributed by atoms with Crippen LogP contribution in [0.1, 0.15) is 12.0 Å². The maximum atomic E-state index is 12.9. The molecule has 1 saturated heterocycles. The van der Waals surface area contributed by atoms with Crippen LogP contribution in [0.15, 0.2) is 100 Å². The number of para-hydroxylation sites is 2. The lowest BCUT2D eigenvalue weighted by atomic mass is 10.1. The molecule has 2 aromatic heterocycles. The molecule has 1 fully saturated rings. The molecule has 6 rings (SSSR count). The highest BCUT2D eigenvalue weighted by molar-refractivity contribution is 5.93. The van der Waals surface area contributed by atoms with Gasteiger partial charge in [-0.3, -0.25) is 9.59 Å². The van der Waals surface area contributed by atoms with Gasteiger partial charge in [-0.25, -0.2) is 9.67 Å². The summed E-state index contributed by atoms with van der Waals surface area (Å²) < 4.78 is 7.27. The second kappa shape index (κ2) is 9.73. The predicted octanol–water partition coefficient (Wildman–Crippen LogP) is 4.56. The minimum absolute atomic E-state index is 0.0394. The molecule has 1 aliphatic heterocycles. The van der Waals surface area contributed by atoms with Gasteiger partial charge in [-0.2, -0.15) is 5.10 Å². The molecule has 5 aromatic rings. The number of benzene rings is 3. The summed E-state index contributed by atoms with van der Waals surface area (Å²) >= 11 is 0. The minimum atomic E-state index is -0.177. The molecule has 0 radical (unpaired) electrons. The van der Waals surface area contributed by atoms with Gasteiger partial charge in [-0.15, -0.1) is 0 Å². The van der Waals surface area contributed by atoms with Crippen molar-refractivity contribution in [3.8, 4) is 11.5 Å². The van der Waals surface area contributed by atoms with Crippen molar-refractivity contribution in [2.24, 2.45) is 5.92 Å². The van der Waals surface area contributed by atoms with Crippen molar-refractivity contribution < 1.29 is 9.21 Å². The topological polar surface area (TPSA) is 93.3 Å². The minimum Gasteiger partial charge on any atom is -0.436 e. The smallest absolute Gasteiger partial charge is 0.269 e. The highest BCUT2D eigenvalue weighted by Crippen LogP contribution is 2.27. The van der Waals surface area contributed by atoms with Crippen molar-refractivity contribution in [1.29, 1.82) is 0 Å². The Morgan fingerprint density at radius 2 is 1.78 bits per heavy atom. The molecule has 0 saturated carbocycles. The van der Waals surface area contributed by atoms with E-state index in [2.05, 4.69) is 15.4 Å². The molecule has 3 aromatic carbocycles. The van der Waals surface area contributed by atoms with Crippen molar-refractivity contribution in [2.75, 3.05) is 23.3 Å². The molecule has 0 aliphatic carbocycles. The van der Waals surface area contributed by atoms with Gasteiger partial charge in [0, 0.05) is 30.4 Å². The monoisotopic (exact) mass is 491 g/mol. The van der Waals surface area contributed by atoms with Gasteiger partial charge < -0.3 is 14.6 Å². The lowest BCUT2D eigenvalue weighted by Crippen LogP contribution is -2.29. The summed E-state index contributed by atoms with van der Waals surface area (Å²) in [5, 5.41) is 7.36. The van der Waals surface area contributed by atoms with Gasteiger partial charge in [0.25, 0.3) is 5.56 Å². The van der Waals surface area contributed by atoms with Crippen LogP contribution in [-0.2, 0) is 11.3 Å². The summed E-state index contributed by atoms with van der Waals surface area (Å²) in [6, 6.07) is 26.5. The fraction of sp³-hybridized carbons (Fsp3) is 0.172. The first-order valence-corrected chi connectivity index (χ1v) is 12.3. The van der Waals surface area contributed by atoms with E-state index in [1.54, 1.807) is 12.3 Å². The van der Waals surface area contributed by atoms with Crippen LogP contribution in [0.25, 0.3) is 22.6 Å². The number of hydrogen-bond acceptors (Lipinski definition) is 6. The van der Waals surface area contributed by atoms with Crippen molar-refractivity contribution in [3.63, 3.8) is 0 Å². The van der Waals surface area contributed by atoms with Crippen molar-refractivity contribution >= 4 is 28.4 Å². The van der Waals surface area contributed by atoms with Crippen LogP contribution in [0.4, 0.5) is 11.4 Å². The molecule has 0 bridgehead atoms. The van der Waals surface area contributed by atoms with Crippen LogP contribution < -0.4 is 15.8 Å². The van der Waals surface area contributed by atoms with E-state index < -0.39 is 0 Å². The third-order valence-corrected chi connectivity index (χ3v) is 6.65. The summed E-state index contributed by atoms with van der Waals surface area (Å²) in [6.45, 7) is 1.66. The van der Waals surface area contributed by atoms with E-state index in [-0.39, 0.29) is 17.4 Å². The van der Waals surface area contributed by atoms with Crippen LogP contribution in [0.2, 0.25) is 0 Å². The predicted molar refractivity (Wildman–Crippen MR) is 142 cm³/mol. The third kappa shape index (κ3) is 4.86. The summed E-state index contributed by atoms with van der Waals surface area (Å²) in [7, 11) is 0. The van der Waals surface area contributed by atoms with Gasteiger partial charge >= 0.3 is 0 Å². The second-order valence-corrected chi connectivity index (χ2v) is 9.18. The third-order valence-electron chi connectivity index (χ3n) is 6.65. The van der Waals surface area contributed by atoms with E-state index in [1.807, 2.05) is 83.8 Å². The van der Waals surface area contributed by atoms with E-state index in [0.717, 1.165) is 27.9 Å². The lowest BCUT2D eigenvalue weighted by molar-refractivity contribution is -0.119. The Hall–Kier alpha value is -4.72. The number of nitrogens with zero attached hydrogens (tertiary/aromatic N) is 4. The fourth-order valence-corrected chi connectivity index (χ4v) is 4.62. The van der Waals surface area contributed by atoms with E-state index in [9.17, 15) is 9.59 Å². The quantitative estimate of drug-likeness (QED) is 0.374. The Kier molecular flexibility index (Phi) is 5.98. The average molecular weight is 492 g/mol. The summed E-state index contributed by atoms with van der Waals surface area (Å²) in [4.78, 5) is 32.1. The first-order chi connectivity index (χ1) is 18.1. The largest absolute Gasteiger partial charge is 0.436 e. The zero-order chi connectivity index (χ0) is 25.2. The standard InChI is InChI=1S/C29H25N5O3/c35-27-16-24(17-30-34(27)18-20-6-2-1-3-7-20)33-15-14-22(19-33)28(36)31-23-12-10-21(11-13-23)29-32-25-8-4-5-9-26(25)37-29/h1-13,16-17,22H,14-15,18-19H2,(H,31,36). The highest BCUT2D eigenvalue weighted by Gasteiger charge is 2.29. The number of carbonyl (C=O) groups is 1. The van der Waals surface area contributed by atoms with Gasteiger partial charge in [-0.05, 0) is 48.4 Å². The van der Waals surface area contributed by atoms with Gasteiger partial charge in [0.2, 0.25) is 11.8 Å². The number of oxazole rings is 1. The van der Waals surface area contributed by atoms with E-state index in [1.165, 1.54) is 4.68 Å². The first kappa shape index (κ1) is 22.7. The number of aromatic nitrogens is 3. The summed E-state index contributed by atoms with van der Waals surface area (Å²) in [5.74, 6) is 0.329. The summed E-state index contributed by atoms with van der Waals surface area (Å²) in [6.07, 6.45) is 2.41. The number of hydrogen-bond donors (Lipinski definition) is 1. The van der Waals surface area contributed by atoms with Crippen molar-refractivity contribution in [2.45, 2.75) is 13.0 Å². The maximum absolute atomic E-state index is 12.9. The highest BCUT2D eigenvalue weighted by atomic mass is 16.3. The molecular weight excluding hydrogens is 466 g/mol. The number of amides is 1. The van der Waals surface area contributed by atoms with Gasteiger partial charge in [0.05, 0.1) is 24.3 Å². The van der Waals surface area contributed by atoms with Crippen LogP contribution >= 0.6 is 0 Å². The number of carbonyl (C=O) groups excluding carboxylic acids is 1. The molecule has 8 nitrogen and oxygen atoms in total. The molecule has 184 valence electrons. The number of rotatable bonds is 6. The van der Waals surface area contributed by atoms with E-state index in [4.69, 9.17) is 4.42 Å². The average Bonchev–Trinajstić information content (AvgIpc) is 3.59. The van der Waals surface area contributed by atoms with Crippen LogP contribution in [0.3, 0.4) is 0 Å². The zero-order valence-corrected chi connectivity index (χ0v) is 20.1.